The van der Waals surface area contributed by atoms with Crippen molar-refractivity contribution in [2.24, 2.45) is 0 Å². The molecule has 0 fully saturated rings. The smallest absolute Gasteiger partial charge is 0.234 e. The molecule has 0 saturated carbocycles. The molecule has 0 aliphatic rings. The molecule has 2 N–H and O–H groups in total. The molecule has 0 unspecified atom stereocenters. The van der Waals surface area contributed by atoms with Crippen LogP contribution in [0.4, 0.5) is 10.1 Å². The first kappa shape index (κ1) is 15.2. The van der Waals surface area contributed by atoms with Crippen molar-refractivity contribution in [2.45, 2.75) is 13.8 Å². The van der Waals surface area contributed by atoms with E-state index in [9.17, 15) is 19.1 Å². The van der Waals surface area contributed by atoms with Crippen LogP contribution in [0.3, 0.4) is 0 Å². The van der Waals surface area contributed by atoms with E-state index in [4.69, 9.17) is 0 Å². The number of thioether (sulfide) groups is 1. The molecule has 1 rings (SSSR count). The van der Waals surface area contributed by atoms with Crippen LogP contribution in [0.1, 0.15) is 13.8 Å². The fourth-order valence-electron chi connectivity index (χ4n) is 1.33. The zero-order valence-electron chi connectivity index (χ0n) is 10.6. The fraction of sp³-hybridized carbons (Fsp3) is 0.231. The van der Waals surface area contributed by atoms with Crippen molar-refractivity contribution in [3.63, 3.8) is 0 Å². The molecule has 0 aliphatic carbocycles. The number of carbonyl (C=O) groups excluding carboxylic acids is 2. The number of halogens is 1. The molecule has 0 aromatic heterocycles. The van der Waals surface area contributed by atoms with Crippen LogP contribution in [0.15, 0.2) is 34.9 Å². The Morgan fingerprint density at radius 2 is 1.84 bits per heavy atom. The van der Waals surface area contributed by atoms with Gasteiger partial charge in [0.15, 0.2) is 5.78 Å². The summed E-state index contributed by atoms with van der Waals surface area (Å²) in [7, 11) is 0. The second-order valence-corrected chi connectivity index (χ2v) is 4.80. The van der Waals surface area contributed by atoms with Crippen LogP contribution < -0.4 is 5.32 Å². The van der Waals surface area contributed by atoms with Gasteiger partial charge in [-0.1, -0.05) is 0 Å². The number of anilines is 1. The summed E-state index contributed by atoms with van der Waals surface area (Å²) in [5.74, 6) is -1.13. The highest BCUT2D eigenvalue weighted by Gasteiger charge is 2.11. The second kappa shape index (κ2) is 6.94. The Morgan fingerprint density at radius 1 is 1.26 bits per heavy atom. The van der Waals surface area contributed by atoms with Crippen molar-refractivity contribution in [1.82, 2.24) is 0 Å². The molecule has 0 aliphatic heterocycles. The number of ketones is 1. The number of carbonyl (C=O) groups is 2. The quantitative estimate of drug-likeness (QED) is 0.644. The molecular weight excluding hydrogens is 269 g/mol. The zero-order chi connectivity index (χ0) is 14.4. The Balaban J connectivity index is 2.55. The van der Waals surface area contributed by atoms with Gasteiger partial charge in [-0.2, -0.15) is 0 Å². The van der Waals surface area contributed by atoms with Gasteiger partial charge in [-0.05, 0) is 38.1 Å². The summed E-state index contributed by atoms with van der Waals surface area (Å²) in [5.41, 5.74) is 0.473. The molecule has 4 nitrogen and oxygen atoms in total. The van der Waals surface area contributed by atoms with Crippen LogP contribution in [-0.2, 0) is 9.59 Å². The first-order valence-corrected chi connectivity index (χ1v) is 6.47. The standard InChI is InChI=1S/C13H14FNO3S/c1-8(16)13(9(2)17)19-7-12(18)15-11-5-3-10(14)4-6-11/h3-6,16H,7H2,1-2H3,(H,15,18)/b13-8+. The van der Waals surface area contributed by atoms with E-state index in [2.05, 4.69) is 5.32 Å². The minimum Gasteiger partial charge on any atom is -0.511 e. The molecule has 1 amide bonds. The number of Topliss-reactive ketones (excluding diaryl/α,β-unsaturated/α-hetero) is 1. The van der Waals surface area contributed by atoms with Crippen molar-refractivity contribution >= 4 is 29.1 Å². The number of rotatable bonds is 5. The molecule has 0 saturated heterocycles. The van der Waals surface area contributed by atoms with Crippen LogP contribution in [0.2, 0.25) is 0 Å². The Labute approximate surface area is 114 Å². The van der Waals surface area contributed by atoms with Gasteiger partial charge in [-0.25, -0.2) is 4.39 Å². The van der Waals surface area contributed by atoms with Gasteiger partial charge in [0, 0.05) is 5.69 Å². The number of nitrogens with one attached hydrogen (secondary N) is 1. The van der Waals surface area contributed by atoms with Gasteiger partial charge in [0.2, 0.25) is 5.91 Å². The number of allylic oxidation sites excluding steroid dienone is 2. The molecular formula is C13H14FNO3S. The predicted octanol–water partition coefficient (Wildman–Crippen LogP) is 2.88. The van der Waals surface area contributed by atoms with E-state index < -0.39 is 0 Å². The largest absolute Gasteiger partial charge is 0.511 e. The Morgan fingerprint density at radius 3 is 2.32 bits per heavy atom. The normalized spacial score (nSPS) is 11.7. The van der Waals surface area contributed by atoms with E-state index in [-0.39, 0.29) is 33.9 Å². The fourth-order valence-corrected chi connectivity index (χ4v) is 2.09. The Hall–Kier alpha value is -1.82. The van der Waals surface area contributed by atoms with E-state index in [0.29, 0.717) is 5.69 Å². The third-order valence-corrected chi connectivity index (χ3v) is 3.40. The lowest BCUT2D eigenvalue weighted by atomic mass is 10.3. The van der Waals surface area contributed by atoms with Gasteiger partial charge < -0.3 is 10.4 Å². The maximum atomic E-state index is 12.7. The molecule has 0 spiro atoms. The van der Waals surface area contributed by atoms with Crippen LogP contribution in [0.25, 0.3) is 0 Å². The van der Waals surface area contributed by atoms with E-state index in [1.54, 1.807) is 0 Å². The topological polar surface area (TPSA) is 66.4 Å². The van der Waals surface area contributed by atoms with Gasteiger partial charge in [-0.15, -0.1) is 11.8 Å². The van der Waals surface area contributed by atoms with E-state index >= 15 is 0 Å². The van der Waals surface area contributed by atoms with Gasteiger partial charge >= 0.3 is 0 Å². The predicted molar refractivity (Wildman–Crippen MR) is 73.5 cm³/mol. The lowest BCUT2D eigenvalue weighted by Crippen LogP contribution is -2.15. The molecule has 102 valence electrons. The lowest BCUT2D eigenvalue weighted by Gasteiger charge is -2.06. The first-order chi connectivity index (χ1) is 8.90. The van der Waals surface area contributed by atoms with Crippen LogP contribution >= 0.6 is 11.8 Å². The highest BCUT2D eigenvalue weighted by atomic mass is 32.2. The third kappa shape index (κ3) is 5.13. The van der Waals surface area contributed by atoms with Crippen LogP contribution in [0.5, 0.6) is 0 Å². The number of amides is 1. The minimum absolute atomic E-state index is 0.00973. The zero-order valence-corrected chi connectivity index (χ0v) is 11.4. The SMILES string of the molecule is CC(=O)/C(SCC(=O)Nc1ccc(F)cc1)=C(/C)O. The van der Waals surface area contributed by atoms with Crippen LogP contribution in [-0.4, -0.2) is 22.5 Å². The maximum Gasteiger partial charge on any atom is 0.234 e. The number of benzene rings is 1. The number of aliphatic hydroxyl groups is 1. The van der Waals surface area contributed by atoms with Crippen molar-refractivity contribution in [1.29, 1.82) is 0 Å². The third-order valence-electron chi connectivity index (χ3n) is 2.12. The van der Waals surface area contributed by atoms with Gasteiger partial charge in [0.05, 0.1) is 10.7 Å². The number of hydrogen-bond acceptors (Lipinski definition) is 4. The monoisotopic (exact) mass is 283 g/mol. The van der Waals surface area contributed by atoms with E-state index in [1.807, 2.05) is 0 Å². The maximum absolute atomic E-state index is 12.7. The number of hydrogen-bond donors (Lipinski definition) is 2. The van der Waals surface area contributed by atoms with E-state index in [1.165, 1.54) is 38.1 Å². The second-order valence-electron chi connectivity index (χ2n) is 3.81. The van der Waals surface area contributed by atoms with Crippen molar-refractivity contribution in [3.8, 4) is 0 Å². The summed E-state index contributed by atoms with van der Waals surface area (Å²) >= 11 is 0.962. The van der Waals surface area contributed by atoms with Gasteiger partial charge in [-0.3, -0.25) is 9.59 Å². The summed E-state index contributed by atoms with van der Waals surface area (Å²) in [6.45, 7) is 2.71. The highest BCUT2D eigenvalue weighted by molar-refractivity contribution is 8.04. The summed E-state index contributed by atoms with van der Waals surface area (Å²) in [6, 6.07) is 5.36. The molecule has 0 radical (unpaired) electrons. The summed E-state index contributed by atoms with van der Waals surface area (Å²) in [5, 5.41) is 11.8. The van der Waals surface area contributed by atoms with Crippen molar-refractivity contribution < 1.29 is 19.1 Å². The molecule has 19 heavy (non-hydrogen) atoms. The molecule has 0 heterocycles. The first-order valence-electron chi connectivity index (χ1n) is 5.49. The summed E-state index contributed by atoms with van der Waals surface area (Å²) in [4.78, 5) is 22.9. The van der Waals surface area contributed by atoms with Crippen LogP contribution in [0, 0.1) is 5.82 Å². The van der Waals surface area contributed by atoms with Crippen molar-refractivity contribution in [2.75, 3.05) is 11.1 Å². The molecule has 1 aromatic rings. The lowest BCUT2D eigenvalue weighted by molar-refractivity contribution is -0.114. The molecule has 0 atom stereocenters. The average molecular weight is 283 g/mol. The highest BCUT2D eigenvalue weighted by Crippen LogP contribution is 2.20. The Kier molecular flexibility index (Phi) is 5.57. The molecule has 1 aromatic carbocycles. The molecule has 6 heteroatoms. The molecule has 0 bridgehead atoms. The van der Waals surface area contributed by atoms with Gasteiger partial charge in [0.25, 0.3) is 0 Å². The Bertz CT molecular complexity index is 507. The number of aliphatic hydroxyl groups excluding tert-OH is 1. The minimum atomic E-state index is -0.384. The average Bonchev–Trinajstić information content (AvgIpc) is 2.31. The van der Waals surface area contributed by atoms with Gasteiger partial charge in [0.1, 0.15) is 11.6 Å². The summed E-state index contributed by atoms with van der Waals surface area (Å²) in [6.07, 6.45) is 0. The van der Waals surface area contributed by atoms with E-state index in [0.717, 1.165) is 11.8 Å². The van der Waals surface area contributed by atoms with Crippen molar-refractivity contribution in [3.05, 3.63) is 40.7 Å². The summed E-state index contributed by atoms with van der Waals surface area (Å²) < 4.78 is 12.7.